The molecule has 21 heavy (non-hydrogen) atoms. The van der Waals surface area contributed by atoms with Crippen molar-refractivity contribution in [3.05, 3.63) is 29.3 Å². The first kappa shape index (κ1) is 17.3. The highest BCUT2D eigenvalue weighted by Crippen LogP contribution is 2.16. The Labute approximate surface area is 125 Å². The van der Waals surface area contributed by atoms with E-state index in [-0.39, 0.29) is 6.61 Å². The first-order valence-corrected chi connectivity index (χ1v) is 6.80. The summed E-state index contributed by atoms with van der Waals surface area (Å²) in [7, 11) is 0. The third-order valence-corrected chi connectivity index (χ3v) is 2.63. The van der Waals surface area contributed by atoms with E-state index < -0.39 is 17.9 Å². The molecule has 0 aliphatic carbocycles. The zero-order valence-electron chi connectivity index (χ0n) is 13.2. The topological polar surface area (TPSA) is 79.8 Å². The number of aliphatic hydroxyl groups excluding tert-OH is 1. The number of hydrogen-bond donors (Lipinski definition) is 3. The number of carbonyl (C=O) groups excluding carboxylic acids is 1. The Morgan fingerprint density at radius 3 is 2.52 bits per heavy atom. The highest BCUT2D eigenvalue weighted by Gasteiger charge is 2.16. The summed E-state index contributed by atoms with van der Waals surface area (Å²) in [6, 6.07) is 5.67. The van der Waals surface area contributed by atoms with Gasteiger partial charge in [-0.3, -0.25) is 5.43 Å². The van der Waals surface area contributed by atoms with Gasteiger partial charge in [-0.15, -0.1) is 0 Å². The highest BCUT2D eigenvalue weighted by molar-refractivity contribution is 5.66. The monoisotopic (exact) mass is 296 g/mol. The summed E-state index contributed by atoms with van der Waals surface area (Å²) in [5, 5.41) is 9.68. The second-order valence-corrected chi connectivity index (χ2v) is 5.84. The van der Waals surface area contributed by atoms with Gasteiger partial charge in [0.15, 0.2) is 6.23 Å². The van der Waals surface area contributed by atoms with Crippen LogP contribution in [0.15, 0.2) is 18.2 Å². The van der Waals surface area contributed by atoms with E-state index >= 15 is 0 Å². The fraction of sp³-hybridized carbons (Fsp3) is 0.533. The summed E-state index contributed by atoms with van der Waals surface area (Å²) in [5.41, 5.74) is 6.36. The number of aliphatic hydroxyl groups is 1. The zero-order chi connectivity index (χ0) is 16.0. The van der Waals surface area contributed by atoms with E-state index in [0.29, 0.717) is 5.75 Å². The number of ether oxygens (including phenoxy) is 2. The lowest BCUT2D eigenvalue weighted by atomic mass is 10.1. The van der Waals surface area contributed by atoms with E-state index in [0.717, 1.165) is 5.56 Å². The van der Waals surface area contributed by atoms with Gasteiger partial charge in [0.25, 0.3) is 0 Å². The number of aryl methyl sites for hydroxylation is 2. The third kappa shape index (κ3) is 6.97. The largest absolute Gasteiger partial charge is 0.489 e. The van der Waals surface area contributed by atoms with Crippen LogP contribution >= 0.6 is 0 Å². The van der Waals surface area contributed by atoms with Gasteiger partial charge < -0.3 is 14.6 Å². The molecule has 0 bridgehead atoms. The molecule has 1 rings (SSSR count). The van der Waals surface area contributed by atoms with E-state index in [1.54, 1.807) is 20.8 Å². The van der Waals surface area contributed by atoms with Crippen LogP contribution < -0.4 is 15.6 Å². The van der Waals surface area contributed by atoms with Crippen LogP contribution in [0.1, 0.15) is 31.9 Å². The quantitative estimate of drug-likeness (QED) is 0.572. The summed E-state index contributed by atoms with van der Waals surface area (Å²) in [4.78, 5) is 11.4. The fourth-order valence-electron chi connectivity index (χ4n) is 1.47. The number of hydrogen-bond acceptors (Lipinski definition) is 5. The number of carbonyl (C=O) groups is 1. The Kier molecular flexibility index (Phi) is 5.99. The molecule has 6 heteroatoms. The first-order valence-electron chi connectivity index (χ1n) is 6.80. The van der Waals surface area contributed by atoms with Gasteiger partial charge in [-0.05, 0) is 57.9 Å². The Balaban J connectivity index is 2.32. The molecule has 118 valence electrons. The zero-order valence-corrected chi connectivity index (χ0v) is 13.2. The number of hydrazine groups is 1. The predicted octanol–water partition coefficient (Wildman–Crippen LogP) is 2.03. The molecular weight excluding hydrogens is 272 g/mol. The van der Waals surface area contributed by atoms with E-state index in [1.807, 2.05) is 32.0 Å². The molecule has 1 amide bonds. The van der Waals surface area contributed by atoms with Gasteiger partial charge in [0.05, 0.1) is 0 Å². The standard InChI is InChI=1S/C15H24N2O4/c1-10-6-7-12(8-11(10)2)20-9-13(18)16-17-14(19)21-15(3,4)5/h6-8,13,16,18H,9H2,1-5H3,(H,17,19). The average molecular weight is 296 g/mol. The number of benzene rings is 1. The second-order valence-electron chi connectivity index (χ2n) is 5.84. The van der Waals surface area contributed by atoms with Crippen molar-refractivity contribution < 1.29 is 19.4 Å². The fourth-order valence-corrected chi connectivity index (χ4v) is 1.47. The summed E-state index contributed by atoms with van der Waals surface area (Å²) in [6.07, 6.45) is -1.70. The minimum Gasteiger partial charge on any atom is -0.489 e. The van der Waals surface area contributed by atoms with Crippen molar-refractivity contribution in [2.45, 2.75) is 46.4 Å². The minimum atomic E-state index is -1.04. The Hall–Kier alpha value is -1.79. The molecule has 0 spiro atoms. The summed E-state index contributed by atoms with van der Waals surface area (Å²) < 4.78 is 10.4. The van der Waals surface area contributed by atoms with Crippen LogP contribution in [-0.2, 0) is 4.74 Å². The van der Waals surface area contributed by atoms with Gasteiger partial charge in [-0.1, -0.05) is 6.07 Å². The van der Waals surface area contributed by atoms with Crippen LogP contribution in [-0.4, -0.2) is 29.6 Å². The van der Waals surface area contributed by atoms with Crippen molar-refractivity contribution in [2.75, 3.05) is 6.61 Å². The molecule has 1 aromatic carbocycles. The minimum absolute atomic E-state index is 0.00169. The molecule has 0 fully saturated rings. The molecule has 0 aromatic heterocycles. The van der Waals surface area contributed by atoms with Crippen molar-refractivity contribution in [3.8, 4) is 5.75 Å². The smallest absolute Gasteiger partial charge is 0.422 e. The Bertz CT molecular complexity index is 483. The van der Waals surface area contributed by atoms with Gasteiger partial charge >= 0.3 is 6.09 Å². The van der Waals surface area contributed by atoms with Crippen molar-refractivity contribution in [1.82, 2.24) is 10.9 Å². The average Bonchev–Trinajstić information content (AvgIpc) is 2.36. The maximum Gasteiger partial charge on any atom is 0.422 e. The normalized spacial score (nSPS) is 12.7. The lowest BCUT2D eigenvalue weighted by Crippen LogP contribution is -2.48. The Morgan fingerprint density at radius 2 is 1.95 bits per heavy atom. The van der Waals surface area contributed by atoms with E-state index in [4.69, 9.17) is 9.47 Å². The van der Waals surface area contributed by atoms with Crippen LogP contribution in [0.3, 0.4) is 0 Å². The lowest BCUT2D eigenvalue weighted by Gasteiger charge is -2.21. The molecule has 0 radical (unpaired) electrons. The number of rotatable bonds is 5. The van der Waals surface area contributed by atoms with Gasteiger partial charge in [0, 0.05) is 0 Å². The summed E-state index contributed by atoms with van der Waals surface area (Å²) >= 11 is 0. The third-order valence-electron chi connectivity index (χ3n) is 2.63. The summed E-state index contributed by atoms with van der Waals surface area (Å²) in [5.74, 6) is 0.663. The van der Waals surface area contributed by atoms with Gasteiger partial charge in [0.2, 0.25) is 0 Å². The molecule has 3 N–H and O–H groups in total. The maximum absolute atomic E-state index is 11.4. The predicted molar refractivity (Wildman–Crippen MR) is 79.9 cm³/mol. The van der Waals surface area contributed by atoms with Crippen LogP contribution in [0.2, 0.25) is 0 Å². The van der Waals surface area contributed by atoms with E-state index in [1.165, 1.54) is 5.56 Å². The molecule has 0 saturated heterocycles. The highest BCUT2D eigenvalue weighted by atomic mass is 16.6. The molecule has 0 aliphatic rings. The molecule has 1 unspecified atom stereocenters. The molecule has 6 nitrogen and oxygen atoms in total. The number of amides is 1. The van der Waals surface area contributed by atoms with Crippen LogP contribution in [0.25, 0.3) is 0 Å². The lowest BCUT2D eigenvalue weighted by molar-refractivity contribution is 0.0309. The molecule has 1 atom stereocenters. The van der Waals surface area contributed by atoms with Gasteiger partial charge in [-0.25, -0.2) is 10.2 Å². The SMILES string of the molecule is Cc1ccc(OCC(O)NNC(=O)OC(C)(C)C)cc1C. The number of nitrogens with one attached hydrogen (secondary N) is 2. The van der Waals surface area contributed by atoms with Gasteiger partial charge in [0.1, 0.15) is 18.0 Å². The Morgan fingerprint density at radius 1 is 1.29 bits per heavy atom. The first-order chi connectivity index (χ1) is 9.67. The molecular formula is C15H24N2O4. The summed E-state index contributed by atoms with van der Waals surface area (Å²) in [6.45, 7) is 9.27. The van der Waals surface area contributed by atoms with Crippen LogP contribution in [0, 0.1) is 13.8 Å². The molecule has 1 aromatic rings. The van der Waals surface area contributed by atoms with Crippen LogP contribution in [0.5, 0.6) is 5.75 Å². The van der Waals surface area contributed by atoms with Crippen molar-refractivity contribution in [2.24, 2.45) is 0 Å². The van der Waals surface area contributed by atoms with Crippen molar-refractivity contribution >= 4 is 6.09 Å². The van der Waals surface area contributed by atoms with Crippen molar-refractivity contribution in [1.29, 1.82) is 0 Å². The van der Waals surface area contributed by atoms with E-state index in [9.17, 15) is 9.90 Å². The van der Waals surface area contributed by atoms with Gasteiger partial charge in [-0.2, -0.15) is 0 Å². The molecule has 0 aliphatic heterocycles. The molecule has 0 heterocycles. The van der Waals surface area contributed by atoms with Crippen LogP contribution in [0.4, 0.5) is 4.79 Å². The molecule has 0 saturated carbocycles. The maximum atomic E-state index is 11.4. The second kappa shape index (κ2) is 7.28. The van der Waals surface area contributed by atoms with Crippen molar-refractivity contribution in [3.63, 3.8) is 0 Å². The van der Waals surface area contributed by atoms with E-state index in [2.05, 4.69) is 10.9 Å².